The number of aromatic nitrogens is 1. The van der Waals surface area contributed by atoms with Crippen molar-refractivity contribution in [2.45, 2.75) is 24.8 Å². The molecule has 1 aromatic heterocycles. The lowest BCUT2D eigenvalue weighted by Crippen LogP contribution is -2.48. The van der Waals surface area contributed by atoms with E-state index in [4.69, 9.17) is 20.8 Å². The van der Waals surface area contributed by atoms with Gasteiger partial charge in [0, 0.05) is 42.8 Å². The molecule has 0 saturated carbocycles. The summed E-state index contributed by atoms with van der Waals surface area (Å²) in [5.74, 6) is 1.32. The summed E-state index contributed by atoms with van der Waals surface area (Å²) in [5.41, 5.74) is 2.83. The van der Waals surface area contributed by atoms with Gasteiger partial charge >= 0.3 is 0 Å². The third-order valence-electron chi connectivity index (χ3n) is 5.72. The van der Waals surface area contributed by atoms with E-state index in [1.807, 2.05) is 48.5 Å². The van der Waals surface area contributed by atoms with Crippen molar-refractivity contribution in [2.24, 2.45) is 4.99 Å². The highest BCUT2D eigenvalue weighted by Crippen LogP contribution is 2.38. The number of guanidine groups is 1. The average molecular weight is 567 g/mol. The van der Waals surface area contributed by atoms with E-state index in [2.05, 4.69) is 26.7 Å². The number of rotatable bonds is 6. The molecule has 6 nitrogen and oxygen atoms in total. The summed E-state index contributed by atoms with van der Waals surface area (Å²) in [7, 11) is 1.76. The molecule has 0 aliphatic carbocycles. The Morgan fingerprint density at radius 2 is 1.78 bits per heavy atom. The van der Waals surface area contributed by atoms with E-state index in [1.165, 1.54) is 0 Å². The first kappa shape index (κ1) is 24.5. The lowest BCUT2D eigenvalue weighted by Gasteiger charge is -2.38. The second kappa shape index (κ2) is 11.7. The minimum Gasteiger partial charge on any atom is -0.444 e. The van der Waals surface area contributed by atoms with Crippen LogP contribution in [0, 0.1) is 0 Å². The van der Waals surface area contributed by atoms with Crippen LogP contribution in [-0.4, -0.2) is 37.7 Å². The van der Waals surface area contributed by atoms with Gasteiger partial charge in [-0.05, 0) is 36.6 Å². The Kier molecular flexibility index (Phi) is 8.95. The van der Waals surface area contributed by atoms with Crippen molar-refractivity contribution >= 4 is 41.5 Å². The van der Waals surface area contributed by atoms with E-state index in [0.29, 0.717) is 24.9 Å². The summed E-state index contributed by atoms with van der Waals surface area (Å²) in [4.78, 5) is 8.94. The van der Waals surface area contributed by atoms with Gasteiger partial charge in [0.15, 0.2) is 5.96 Å². The number of halogens is 2. The van der Waals surface area contributed by atoms with Crippen LogP contribution in [0.2, 0.25) is 5.02 Å². The maximum Gasteiger partial charge on any atom is 0.226 e. The highest BCUT2D eigenvalue weighted by Gasteiger charge is 2.36. The quantitative estimate of drug-likeness (QED) is 0.249. The molecular weight excluding hydrogens is 539 g/mol. The SMILES string of the molecule is CN=C(NCc1coc(-c2ccccc2)n1)NCC1(c2ccccc2Cl)CCOCC1.I. The van der Waals surface area contributed by atoms with Gasteiger partial charge in [0.2, 0.25) is 5.89 Å². The molecule has 4 rings (SSSR count). The number of nitrogens with zero attached hydrogens (tertiary/aromatic N) is 2. The molecule has 0 amide bonds. The zero-order valence-corrected chi connectivity index (χ0v) is 21.1. The van der Waals surface area contributed by atoms with Crippen LogP contribution in [0.15, 0.2) is 70.3 Å². The number of aliphatic imine (C=N–C) groups is 1. The van der Waals surface area contributed by atoms with Crippen LogP contribution in [-0.2, 0) is 16.7 Å². The number of hydrogen-bond acceptors (Lipinski definition) is 4. The van der Waals surface area contributed by atoms with Gasteiger partial charge in [-0.1, -0.05) is 48.0 Å². The molecule has 0 atom stereocenters. The van der Waals surface area contributed by atoms with Gasteiger partial charge in [-0.15, -0.1) is 24.0 Å². The fourth-order valence-corrected chi connectivity index (χ4v) is 4.28. The number of hydrogen-bond donors (Lipinski definition) is 2. The Labute approximate surface area is 210 Å². The van der Waals surface area contributed by atoms with Gasteiger partial charge in [0.1, 0.15) is 6.26 Å². The monoisotopic (exact) mass is 566 g/mol. The first-order chi connectivity index (χ1) is 15.2. The van der Waals surface area contributed by atoms with Crippen LogP contribution in [0.1, 0.15) is 24.1 Å². The van der Waals surface area contributed by atoms with Gasteiger partial charge in [-0.25, -0.2) is 4.98 Å². The summed E-state index contributed by atoms with van der Waals surface area (Å²) in [5, 5.41) is 7.60. The Morgan fingerprint density at radius 1 is 1.06 bits per heavy atom. The second-order valence-electron chi connectivity index (χ2n) is 7.66. The maximum atomic E-state index is 6.56. The molecule has 1 saturated heterocycles. The van der Waals surface area contributed by atoms with Crippen molar-refractivity contribution in [3.63, 3.8) is 0 Å². The summed E-state index contributed by atoms with van der Waals surface area (Å²) in [6, 6.07) is 17.9. The van der Waals surface area contributed by atoms with E-state index < -0.39 is 0 Å². The van der Waals surface area contributed by atoms with Crippen molar-refractivity contribution in [3.05, 3.63) is 77.1 Å². The molecule has 2 N–H and O–H groups in total. The molecule has 0 radical (unpaired) electrons. The van der Waals surface area contributed by atoms with E-state index in [0.717, 1.165) is 47.9 Å². The van der Waals surface area contributed by atoms with Gasteiger partial charge in [-0.3, -0.25) is 4.99 Å². The molecule has 0 spiro atoms. The molecule has 0 unspecified atom stereocenters. The van der Waals surface area contributed by atoms with Crippen molar-refractivity contribution in [2.75, 3.05) is 26.8 Å². The predicted octanol–water partition coefficient (Wildman–Crippen LogP) is 5.03. The van der Waals surface area contributed by atoms with Crippen LogP contribution in [0.5, 0.6) is 0 Å². The van der Waals surface area contributed by atoms with Crippen LogP contribution in [0.4, 0.5) is 0 Å². The normalized spacial score (nSPS) is 15.6. The molecule has 0 bridgehead atoms. The smallest absolute Gasteiger partial charge is 0.226 e. The molecule has 2 aromatic carbocycles. The zero-order chi connectivity index (χ0) is 21.5. The standard InChI is InChI=1S/C24H27ClN4O2.HI/c1-26-23(27-15-19-16-31-22(29-19)18-7-3-2-4-8-18)28-17-24(11-13-30-14-12-24)20-9-5-6-10-21(20)25;/h2-10,16H,11-15,17H2,1H3,(H2,26,27,28);1H. The Balaban J connectivity index is 0.00000289. The summed E-state index contributed by atoms with van der Waals surface area (Å²) in [6.45, 7) is 2.67. The largest absolute Gasteiger partial charge is 0.444 e. The average Bonchev–Trinajstić information content (AvgIpc) is 3.30. The highest BCUT2D eigenvalue weighted by molar-refractivity contribution is 14.0. The van der Waals surface area contributed by atoms with Crippen molar-refractivity contribution in [1.82, 2.24) is 15.6 Å². The number of nitrogens with one attached hydrogen (secondary N) is 2. The third-order valence-corrected chi connectivity index (χ3v) is 6.05. The first-order valence-corrected chi connectivity index (χ1v) is 10.9. The summed E-state index contributed by atoms with van der Waals surface area (Å²) in [6.07, 6.45) is 3.49. The first-order valence-electron chi connectivity index (χ1n) is 10.5. The molecule has 2 heterocycles. The van der Waals surface area contributed by atoms with E-state index in [9.17, 15) is 0 Å². The van der Waals surface area contributed by atoms with Crippen molar-refractivity contribution in [1.29, 1.82) is 0 Å². The van der Waals surface area contributed by atoms with Gasteiger partial charge in [-0.2, -0.15) is 0 Å². The molecule has 170 valence electrons. The van der Waals surface area contributed by atoms with Gasteiger partial charge in [0.25, 0.3) is 0 Å². The minimum atomic E-state index is -0.0947. The second-order valence-corrected chi connectivity index (χ2v) is 8.07. The molecular formula is C24H28ClIN4O2. The molecule has 3 aromatic rings. The Hall–Kier alpha value is -2.10. The lowest BCUT2D eigenvalue weighted by molar-refractivity contribution is 0.0514. The third kappa shape index (κ3) is 5.82. The molecule has 32 heavy (non-hydrogen) atoms. The Morgan fingerprint density at radius 3 is 2.50 bits per heavy atom. The minimum absolute atomic E-state index is 0. The lowest BCUT2D eigenvalue weighted by atomic mass is 9.74. The van der Waals surface area contributed by atoms with E-state index in [-0.39, 0.29) is 29.4 Å². The maximum absolute atomic E-state index is 6.56. The van der Waals surface area contributed by atoms with Crippen LogP contribution in [0.25, 0.3) is 11.5 Å². The molecule has 1 fully saturated rings. The highest BCUT2D eigenvalue weighted by atomic mass is 127. The fraction of sp³-hybridized carbons (Fsp3) is 0.333. The molecule has 1 aliphatic rings. The molecule has 8 heteroatoms. The Bertz CT molecular complexity index is 1020. The van der Waals surface area contributed by atoms with E-state index in [1.54, 1.807) is 13.3 Å². The van der Waals surface area contributed by atoms with Crippen molar-refractivity contribution < 1.29 is 9.15 Å². The van der Waals surface area contributed by atoms with Crippen LogP contribution >= 0.6 is 35.6 Å². The van der Waals surface area contributed by atoms with E-state index >= 15 is 0 Å². The van der Waals surface area contributed by atoms with Crippen molar-refractivity contribution in [3.8, 4) is 11.5 Å². The zero-order valence-electron chi connectivity index (χ0n) is 18.0. The number of ether oxygens (including phenoxy) is 1. The number of benzene rings is 2. The summed E-state index contributed by atoms with van der Waals surface area (Å²) >= 11 is 6.56. The molecule has 1 aliphatic heterocycles. The topological polar surface area (TPSA) is 71.7 Å². The van der Waals surface area contributed by atoms with Gasteiger partial charge in [0.05, 0.1) is 12.2 Å². The predicted molar refractivity (Wildman–Crippen MR) is 139 cm³/mol. The number of oxazole rings is 1. The van der Waals surface area contributed by atoms with Crippen LogP contribution in [0.3, 0.4) is 0 Å². The van der Waals surface area contributed by atoms with Gasteiger partial charge < -0.3 is 19.8 Å². The fourth-order valence-electron chi connectivity index (χ4n) is 3.94. The summed E-state index contributed by atoms with van der Waals surface area (Å²) < 4.78 is 11.2. The van der Waals surface area contributed by atoms with Crippen LogP contribution < -0.4 is 10.6 Å².